The molecule has 1 saturated heterocycles. The maximum Gasteiger partial charge on any atom is 0.0702 e. The molecule has 2 aliphatic rings. The number of nitrogens with zero attached hydrogens (tertiary/aromatic N) is 1. The summed E-state index contributed by atoms with van der Waals surface area (Å²) in [7, 11) is 0. The van der Waals surface area contributed by atoms with Crippen molar-refractivity contribution in [3.63, 3.8) is 0 Å². The first-order valence-electron chi connectivity index (χ1n) is 7.08. The SMILES string of the molecule is Cc1cncc(NC2CCOC3(CCCC3)C2)c1. The van der Waals surface area contributed by atoms with E-state index in [2.05, 4.69) is 23.3 Å². The van der Waals surface area contributed by atoms with Crippen molar-refractivity contribution in [1.29, 1.82) is 0 Å². The minimum Gasteiger partial charge on any atom is -0.381 e. The third kappa shape index (κ3) is 2.51. The molecule has 0 bridgehead atoms. The van der Waals surface area contributed by atoms with Crippen molar-refractivity contribution in [3.05, 3.63) is 24.0 Å². The number of hydrogen-bond acceptors (Lipinski definition) is 3. The second-order valence-electron chi connectivity index (χ2n) is 5.82. The number of aromatic nitrogens is 1. The highest BCUT2D eigenvalue weighted by Crippen LogP contribution is 2.40. The summed E-state index contributed by atoms with van der Waals surface area (Å²) in [6.45, 7) is 2.98. The van der Waals surface area contributed by atoms with Crippen LogP contribution in [0.1, 0.15) is 44.1 Å². The van der Waals surface area contributed by atoms with Gasteiger partial charge in [-0.3, -0.25) is 4.98 Å². The van der Waals surface area contributed by atoms with Crippen LogP contribution in [0.25, 0.3) is 0 Å². The van der Waals surface area contributed by atoms with Crippen molar-refractivity contribution >= 4 is 5.69 Å². The van der Waals surface area contributed by atoms with Gasteiger partial charge in [0.25, 0.3) is 0 Å². The number of ether oxygens (including phenoxy) is 1. The standard InChI is InChI=1S/C15H22N2O/c1-12-8-14(11-16-10-12)17-13-4-7-18-15(9-13)5-2-3-6-15/h8,10-11,13,17H,2-7,9H2,1H3. The second-order valence-corrected chi connectivity index (χ2v) is 5.82. The largest absolute Gasteiger partial charge is 0.381 e. The highest BCUT2D eigenvalue weighted by molar-refractivity contribution is 5.43. The quantitative estimate of drug-likeness (QED) is 0.869. The summed E-state index contributed by atoms with van der Waals surface area (Å²) in [5.41, 5.74) is 2.55. The van der Waals surface area contributed by atoms with Gasteiger partial charge in [0.2, 0.25) is 0 Å². The Labute approximate surface area is 109 Å². The van der Waals surface area contributed by atoms with Gasteiger partial charge in [0.1, 0.15) is 0 Å². The molecule has 1 aliphatic heterocycles. The molecule has 3 heteroatoms. The first-order chi connectivity index (χ1) is 8.76. The Balaban J connectivity index is 1.66. The van der Waals surface area contributed by atoms with Crippen molar-refractivity contribution in [3.8, 4) is 0 Å². The third-order valence-corrected chi connectivity index (χ3v) is 4.25. The van der Waals surface area contributed by atoms with E-state index < -0.39 is 0 Å². The van der Waals surface area contributed by atoms with Gasteiger partial charge in [-0.25, -0.2) is 0 Å². The van der Waals surface area contributed by atoms with Gasteiger partial charge in [-0.1, -0.05) is 12.8 Å². The molecule has 0 radical (unpaired) electrons. The van der Waals surface area contributed by atoms with Crippen molar-refractivity contribution in [2.45, 2.75) is 57.1 Å². The minimum absolute atomic E-state index is 0.188. The summed E-state index contributed by atoms with van der Waals surface area (Å²) in [6.07, 6.45) is 11.2. The molecule has 0 amide bonds. The lowest BCUT2D eigenvalue weighted by Gasteiger charge is -2.38. The number of aryl methyl sites for hydroxylation is 1. The van der Waals surface area contributed by atoms with E-state index in [0.717, 1.165) is 25.1 Å². The number of hydrogen-bond donors (Lipinski definition) is 1. The molecule has 1 aliphatic carbocycles. The predicted molar refractivity (Wildman–Crippen MR) is 72.8 cm³/mol. The molecule has 1 spiro atoms. The molecule has 1 saturated carbocycles. The fourth-order valence-electron chi connectivity index (χ4n) is 3.39. The normalized spacial score (nSPS) is 26.4. The van der Waals surface area contributed by atoms with Gasteiger partial charge in [-0.15, -0.1) is 0 Å². The Bertz CT molecular complexity index is 413. The van der Waals surface area contributed by atoms with Crippen molar-refractivity contribution in [2.75, 3.05) is 11.9 Å². The van der Waals surface area contributed by atoms with E-state index >= 15 is 0 Å². The van der Waals surface area contributed by atoms with Gasteiger partial charge >= 0.3 is 0 Å². The Kier molecular flexibility index (Phi) is 3.25. The van der Waals surface area contributed by atoms with Crippen molar-refractivity contribution < 1.29 is 4.74 Å². The lowest BCUT2D eigenvalue weighted by atomic mass is 9.89. The molecule has 1 atom stereocenters. The predicted octanol–water partition coefficient (Wildman–Crippen LogP) is 3.29. The maximum atomic E-state index is 6.06. The van der Waals surface area contributed by atoms with Crippen LogP contribution in [0.15, 0.2) is 18.5 Å². The monoisotopic (exact) mass is 246 g/mol. The van der Waals surface area contributed by atoms with Gasteiger partial charge in [0.05, 0.1) is 11.3 Å². The van der Waals surface area contributed by atoms with Crippen LogP contribution in [-0.2, 0) is 4.74 Å². The molecular weight excluding hydrogens is 224 g/mol. The Morgan fingerprint density at radius 3 is 2.94 bits per heavy atom. The van der Waals surface area contributed by atoms with Crippen LogP contribution < -0.4 is 5.32 Å². The van der Waals surface area contributed by atoms with E-state index in [1.807, 2.05) is 12.4 Å². The van der Waals surface area contributed by atoms with Crippen LogP contribution in [-0.4, -0.2) is 23.2 Å². The molecule has 98 valence electrons. The molecule has 1 aromatic rings. The Morgan fingerprint density at radius 1 is 1.33 bits per heavy atom. The molecule has 3 rings (SSSR count). The summed E-state index contributed by atoms with van der Waals surface area (Å²) >= 11 is 0. The van der Waals surface area contributed by atoms with Crippen LogP contribution in [0.3, 0.4) is 0 Å². The van der Waals surface area contributed by atoms with E-state index in [0.29, 0.717) is 6.04 Å². The second kappa shape index (κ2) is 4.88. The first-order valence-corrected chi connectivity index (χ1v) is 7.08. The lowest BCUT2D eigenvalue weighted by Crippen LogP contribution is -2.42. The Morgan fingerprint density at radius 2 is 2.17 bits per heavy atom. The first kappa shape index (κ1) is 12.0. The fraction of sp³-hybridized carbons (Fsp3) is 0.667. The van der Waals surface area contributed by atoms with E-state index in [1.54, 1.807) is 0 Å². The number of anilines is 1. The summed E-state index contributed by atoms with van der Waals surface area (Å²) in [5, 5.41) is 3.63. The molecular formula is C15H22N2O. The average molecular weight is 246 g/mol. The number of nitrogens with one attached hydrogen (secondary N) is 1. The zero-order chi connectivity index (χ0) is 12.4. The smallest absolute Gasteiger partial charge is 0.0702 e. The summed E-state index contributed by atoms with van der Waals surface area (Å²) < 4.78 is 6.06. The lowest BCUT2D eigenvalue weighted by molar-refractivity contribution is -0.0767. The maximum absolute atomic E-state index is 6.06. The van der Waals surface area contributed by atoms with Gasteiger partial charge in [-0.05, 0) is 44.2 Å². The zero-order valence-electron chi connectivity index (χ0n) is 11.1. The van der Waals surface area contributed by atoms with Crippen LogP contribution >= 0.6 is 0 Å². The molecule has 0 aromatic carbocycles. The summed E-state index contributed by atoms with van der Waals surface area (Å²) in [6, 6.07) is 2.71. The fourth-order valence-corrected chi connectivity index (χ4v) is 3.39. The van der Waals surface area contributed by atoms with Crippen LogP contribution in [0, 0.1) is 6.92 Å². The molecule has 3 nitrogen and oxygen atoms in total. The molecule has 1 N–H and O–H groups in total. The topological polar surface area (TPSA) is 34.2 Å². The molecule has 18 heavy (non-hydrogen) atoms. The van der Waals surface area contributed by atoms with E-state index in [-0.39, 0.29) is 5.60 Å². The highest BCUT2D eigenvalue weighted by Gasteiger charge is 2.39. The van der Waals surface area contributed by atoms with Gasteiger partial charge < -0.3 is 10.1 Å². The van der Waals surface area contributed by atoms with Crippen molar-refractivity contribution in [2.24, 2.45) is 0 Å². The zero-order valence-corrected chi connectivity index (χ0v) is 11.1. The van der Waals surface area contributed by atoms with Gasteiger partial charge in [0, 0.05) is 25.0 Å². The van der Waals surface area contributed by atoms with Crippen LogP contribution in [0.2, 0.25) is 0 Å². The molecule has 1 unspecified atom stereocenters. The number of pyridine rings is 1. The average Bonchev–Trinajstić information content (AvgIpc) is 2.77. The summed E-state index contributed by atoms with van der Waals surface area (Å²) in [4.78, 5) is 4.24. The molecule has 1 aromatic heterocycles. The van der Waals surface area contributed by atoms with E-state index in [4.69, 9.17) is 4.74 Å². The van der Waals surface area contributed by atoms with Gasteiger partial charge in [-0.2, -0.15) is 0 Å². The van der Waals surface area contributed by atoms with Gasteiger partial charge in [0.15, 0.2) is 0 Å². The van der Waals surface area contributed by atoms with Crippen LogP contribution in [0.4, 0.5) is 5.69 Å². The van der Waals surface area contributed by atoms with Crippen molar-refractivity contribution in [1.82, 2.24) is 4.98 Å². The van der Waals surface area contributed by atoms with E-state index in [1.165, 1.54) is 31.2 Å². The molecule has 2 heterocycles. The number of rotatable bonds is 2. The van der Waals surface area contributed by atoms with E-state index in [9.17, 15) is 0 Å². The molecule has 2 fully saturated rings. The highest BCUT2D eigenvalue weighted by atomic mass is 16.5. The third-order valence-electron chi connectivity index (χ3n) is 4.25. The van der Waals surface area contributed by atoms with Crippen LogP contribution in [0.5, 0.6) is 0 Å². The minimum atomic E-state index is 0.188. The summed E-state index contributed by atoms with van der Waals surface area (Å²) in [5.74, 6) is 0. The Hall–Kier alpha value is -1.09.